The van der Waals surface area contributed by atoms with Gasteiger partial charge in [-0.25, -0.2) is 4.79 Å². The van der Waals surface area contributed by atoms with Crippen LogP contribution in [-0.4, -0.2) is 56.9 Å². The molecule has 0 aliphatic heterocycles. The second kappa shape index (κ2) is 18.9. The van der Waals surface area contributed by atoms with Crippen LogP contribution >= 0.6 is 11.8 Å². The molecule has 0 aliphatic rings. The number of unbranched alkanes of at least 4 members (excludes halogenated alkanes) is 1. The first-order chi connectivity index (χ1) is 24.6. The van der Waals surface area contributed by atoms with Crippen molar-refractivity contribution in [2.45, 2.75) is 36.8 Å². The number of esters is 1. The lowest BCUT2D eigenvalue weighted by atomic mass is 10.1. The molecule has 4 rings (SSSR count). The molecule has 0 saturated heterocycles. The van der Waals surface area contributed by atoms with Gasteiger partial charge in [-0.1, -0.05) is 37.6 Å². The first-order valence-corrected chi connectivity index (χ1v) is 17.1. The van der Waals surface area contributed by atoms with Crippen molar-refractivity contribution < 1.29 is 38.1 Å². The fourth-order valence-corrected chi connectivity index (χ4v) is 5.62. The molecule has 11 nitrogen and oxygen atoms in total. The third-order valence-electron chi connectivity index (χ3n) is 7.46. The van der Waals surface area contributed by atoms with E-state index in [0.717, 1.165) is 17.7 Å². The fraction of sp³-hybridized carbons (Fsp3) is 0.231. The highest BCUT2D eigenvalue weighted by Crippen LogP contribution is 2.36. The molecule has 0 saturated carbocycles. The first kappa shape index (κ1) is 38.1. The maximum atomic E-state index is 13.7. The number of hydrogen-bond donors (Lipinski definition) is 3. The molecule has 0 radical (unpaired) electrons. The molecule has 0 aliphatic carbocycles. The number of carbonyl (C=O) groups excluding carboxylic acids is 4. The number of hydrogen-bond acceptors (Lipinski definition) is 9. The topological polar surface area (TPSA) is 141 Å². The molecule has 3 N–H and O–H groups in total. The maximum absolute atomic E-state index is 13.7. The largest absolute Gasteiger partial charge is 0.496 e. The number of methoxy groups -OCH3 is 3. The van der Waals surface area contributed by atoms with Gasteiger partial charge in [0.05, 0.1) is 38.7 Å². The number of benzene rings is 4. The molecule has 1 unspecified atom stereocenters. The van der Waals surface area contributed by atoms with Crippen LogP contribution in [-0.2, 0) is 14.3 Å². The summed E-state index contributed by atoms with van der Waals surface area (Å²) in [4.78, 5) is 52.9. The summed E-state index contributed by atoms with van der Waals surface area (Å²) in [7, 11) is 4.47. The van der Waals surface area contributed by atoms with E-state index in [1.54, 1.807) is 91.9 Å². The number of carbonyl (C=O) groups is 4. The molecule has 3 amide bonds. The van der Waals surface area contributed by atoms with Gasteiger partial charge in [0.1, 0.15) is 11.4 Å². The minimum atomic E-state index is -0.596. The van der Waals surface area contributed by atoms with Crippen molar-refractivity contribution in [3.8, 4) is 17.2 Å². The van der Waals surface area contributed by atoms with Crippen molar-refractivity contribution in [2.24, 2.45) is 0 Å². The minimum absolute atomic E-state index is 0.0552. The molecule has 266 valence electrons. The highest BCUT2D eigenvalue weighted by Gasteiger charge is 2.19. The minimum Gasteiger partial charge on any atom is -0.496 e. The summed E-state index contributed by atoms with van der Waals surface area (Å²) in [5.41, 5.74) is 2.16. The third-order valence-corrected chi connectivity index (χ3v) is 8.55. The second-order valence-corrected chi connectivity index (χ2v) is 12.5. The lowest BCUT2D eigenvalue weighted by Crippen LogP contribution is -2.30. The van der Waals surface area contributed by atoms with Gasteiger partial charge in [-0.05, 0) is 80.1 Å². The van der Waals surface area contributed by atoms with E-state index in [1.165, 1.54) is 39.2 Å². The van der Waals surface area contributed by atoms with Crippen molar-refractivity contribution >= 4 is 52.9 Å². The molecule has 0 heterocycles. The predicted molar refractivity (Wildman–Crippen MR) is 199 cm³/mol. The van der Waals surface area contributed by atoms with Crippen molar-refractivity contribution in [1.29, 1.82) is 0 Å². The van der Waals surface area contributed by atoms with Crippen LogP contribution in [0.15, 0.2) is 102 Å². The number of nitrogens with one attached hydrogen (secondary N) is 3. The summed E-state index contributed by atoms with van der Waals surface area (Å²) in [5, 5.41) is 7.93. The highest BCUT2D eigenvalue weighted by atomic mass is 32.2. The van der Waals surface area contributed by atoms with Gasteiger partial charge in [-0.2, -0.15) is 0 Å². The van der Waals surface area contributed by atoms with E-state index in [2.05, 4.69) is 16.0 Å². The van der Waals surface area contributed by atoms with Crippen LogP contribution in [0.4, 0.5) is 11.4 Å². The van der Waals surface area contributed by atoms with E-state index in [0.29, 0.717) is 51.9 Å². The molecule has 0 fully saturated rings. The van der Waals surface area contributed by atoms with Gasteiger partial charge in [0.2, 0.25) is 5.91 Å². The van der Waals surface area contributed by atoms with Crippen molar-refractivity contribution in [3.63, 3.8) is 0 Å². The number of amides is 3. The van der Waals surface area contributed by atoms with Gasteiger partial charge >= 0.3 is 5.97 Å². The number of anilines is 2. The Bertz CT molecular complexity index is 1860. The molecule has 51 heavy (non-hydrogen) atoms. The lowest BCUT2D eigenvalue weighted by molar-refractivity contribution is -0.115. The van der Waals surface area contributed by atoms with Crippen molar-refractivity contribution in [1.82, 2.24) is 5.32 Å². The Morgan fingerprint density at radius 3 is 2.10 bits per heavy atom. The summed E-state index contributed by atoms with van der Waals surface area (Å²) in [6.45, 7) is 4.15. The molecule has 1 atom stereocenters. The summed E-state index contributed by atoms with van der Waals surface area (Å²) < 4.78 is 21.6. The summed E-state index contributed by atoms with van der Waals surface area (Å²) in [6.07, 6.45) is 3.22. The Kier molecular flexibility index (Phi) is 14.1. The van der Waals surface area contributed by atoms with Crippen LogP contribution in [0.2, 0.25) is 0 Å². The van der Waals surface area contributed by atoms with E-state index in [-0.39, 0.29) is 11.6 Å². The Labute approximate surface area is 301 Å². The number of ether oxygens (including phenoxy) is 4. The third kappa shape index (κ3) is 10.9. The van der Waals surface area contributed by atoms with Gasteiger partial charge in [0, 0.05) is 33.5 Å². The van der Waals surface area contributed by atoms with Gasteiger partial charge in [-0.15, -0.1) is 11.8 Å². The molecule has 4 aromatic carbocycles. The van der Waals surface area contributed by atoms with Crippen LogP contribution in [0.5, 0.6) is 17.2 Å². The predicted octanol–water partition coefficient (Wildman–Crippen LogP) is 7.20. The van der Waals surface area contributed by atoms with E-state index < -0.39 is 23.0 Å². The van der Waals surface area contributed by atoms with Crippen LogP contribution < -0.4 is 30.2 Å². The van der Waals surface area contributed by atoms with E-state index in [4.69, 9.17) is 18.9 Å². The molecule has 4 aromatic rings. The highest BCUT2D eigenvalue weighted by molar-refractivity contribution is 8.00. The fourth-order valence-electron chi connectivity index (χ4n) is 4.69. The van der Waals surface area contributed by atoms with Crippen molar-refractivity contribution in [3.05, 3.63) is 113 Å². The monoisotopic (exact) mass is 711 g/mol. The molecule has 0 bridgehead atoms. The van der Waals surface area contributed by atoms with Crippen LogP contribution in [0.25, 0.3) is 6.08 Å². The molecule has 0 aromatic heterocycles. The Morgan fingerprint density at radius 2 is 1.43 bits per heavy atom. The molecule has 0 spiro atoms. The van der Waals surface area contributed by atoms with Crippen LogP contribution in [0.3, 0.4) is 0 Å². The van der Waals surface area contributed by atoms with E-state index >= 15 is 0 Å². The van der Waals surface area contributed by atoms with Gasteiger partial charge in [0.15, 0.2) is 11.5 Å². The van der Waals surface area contributed by atoms with Crippen molar-refractivity contribution in [2.75, 3.05) is 38.6 Å². The summed E-state index contributed by atoms with van der Waals surface area (Å²) in [5.74, 6) is -0.506. The van der Waals surface area contributed by atoms with Crippen LogP contribution in [0.1, 0.15) is 53.0 Å². The zero-order valence-electron chi connectivity index (χ0n) is 29.1. The zero-order chi connectivity index (χ0) is 36.8. The normalized spacial score (nSPS) is 11.5. The lowest BCUT2D eigenvalue weighted by Gasteiger charge is -2.15. The SMILES string of the molecule is CCCCOC(=O)c1ccc(NC(=O)C(C)Sc2cccc(NC(=O)/C(=C\c3cc(OC)c(OC)cc3OC)NC(=O)c3ccccc3)c2)cc1. The van der Waals surface area contributed by atoms with Gasteiger partial charge in [0.25, 0.3) is 11.8 Å². The smallest absolute Gasteiger partial charge is 0.338 e. The summed E-state index contributed by atoms with van der Waals surface area (Å²) in [6, 6.07) is 25.3. The van der Waals surface area contributed by atoms with Gasteiger partial charge in [-0.3, -0.25) is 14.4 Å². The van der Waals surface area contributed by atoms with E-state index in [9.17, 15) is 19.2 Å². The number of thioether (sulfide) groups is 1. The Hall–Kier alpha value is -5.75. The quantitative estimate of drug-likeness (QED) is 0.0476. The first-order valence-electron chi connectivity index (χ1n) is 16.2. The molecule has 12 heteroatoms. The standard InChI is InChI=1S/C39H41N3O8S/c1-6-7-20-50-39(46)27-16-18-29(19-17-27)40-36(43)25(2)51-31-15-11-14-30(23-31)41-38(45)32(42-37(44)26-12-9-8-10-13-26)21-28-22-34(48-4)35(49-5)24-33(28)47-3/h8-19,21-25H,6-7,20H2,1-5H3,(H,40,43)(H,41,45)(H,42,44)/b32-21+. The average Bonchev–Trinajstić information content (AvgIpc) is 3.15. The Balaban J connectivity index is 1.49. The van der Waals surface area contributed by atoms with Gasteiger partial charge < -0.3 is 34.9 Å². The zero-order valence-corrected chi connectivity index (χ0v) is 29.9. The maximum Gasteiger partial charge on any atom is 0.338 e. The second-order valence-electron chi connectivity index (χ2n) is 11.1. The molecular weight excluding hydrogens is 671 g/mol. The number of rotatable bonds is 16. The van der Waals surface area contributed by atoms with Crippen LogP contribution in [0, 0.1) is 0 Å². The van der Waals surface area contributed by atoms with E-state index in [1.807, 2.05) is 13.0 Å². The Morgan fingerprint density at radius 1 is 0.745 bits per heavy atom. The molecular formula is C39H41N3O8S. The average molecular weight is 712 g/mol. The summed E-state index contributed by atoms with van der Waals surface area (Å²) >= 11 is 1.30.